The number of pyridine rings is 1. The van der Waals surface area contributed by atoms with Crippen LogP contribution in [0.1, 0.15) is 36.2 Å². The topological polar surface area (TPSA) is 54.0 Å². The molecule has 0 saturated carbocycles. The second-order valence-electron chi connectivity index (χ2n) is 5.52. The molecule has 2 N–H and O–H groups in total. The number of amides is 1. The summed E-state index contributed by atoms with van der Waals surface area (Å²) in [4.78, 5) is 16.4. The van der Waals surface area contributed by atoms with E-state index in [0.29, 0.717) is 30.4 Å². The van der Waals surface area contributed by atoms with Crippen molar-refractivity contribution in [2.24, 2.45) is 0 Å². The predicted molar refractivity (Wildman–Crippen MR) is 90.0 cm³/mol. The Bertz CT molecular complexity index is 643. The first-order valence-electron chi connectivity index (χ1n) is 7.83. The van der Waals surface area contributed by atoms with Gasteiger partial charge >= 0.3 is 0 Å². The first-order chi connectivity index (χ1) is 11.1. The molecule has 0 aliphatic rings. The Morgan fingerprint density at radius 1 is 1.26 bits per heavy atom. The van der Waals surface area contributed by atoms with E-state index in [1.807, 2.05) is 0 Å². The summed E-state index contributed by atoms with van der Waals surface area (Å²) in [6.45, 7) is 4.65. The molecule has 0 fully saturated rings. The zero-order chi connectivity index (χ0) is 16.7. The molecule has 1 amide bonds. The Hall–Kier alpha value is -2.43. The zero-order valence-corrected chi connectivity index (χ0v) is 13.5. The van der Waals surface area contributed by atoms with Gasteiger partial charge in [-0.25, -0.2) is 9.37 Å². The van der Waals surface area contributed by atoms with E-state index in [4.69, 9.17) is 0 Å². The molecule has 5 heteroatoms. The fourth-order valence-corrected chi connectivity index (χ4v) is 2.08. The van der Waals surface area contributed by atoms with Crippen LogP contribution < -0.4 is 10.6 Å². The van der Waals surface area contributed by atoms with Gasteiger partial charge < -0.3 is 10.6 Å². The second kappa shape index (κ2) is 8.27. The van der Waals surface area contributed by atoms with Gasteiger partial charge in [0.1, 0.15) is 11.6 Å². The van der Waals surface area contributed by atoms with Gasteiger partial charge in [-0.15, -0.1) is 0 Å². The molecule has 23 heavy (non-hydrogen) atoms. The van der Waals surface area contributed by atoms with E-state index in [1.165, 1.54) is 12.1 Å². The monoisotopic (exact) mass is 315 g/mol. The first kappa shape index (κ1) is 16.9. The molecule has 122 valence electrons. The molecule has 1 aromatic carbocycles. The van der Waals surface area contributed by atoms with Crippen LogP contribution in [0.15, 0.2) is 42.6 Å². The van der Waals surface area contributed by atoms with Gasteiger partial charge in [0, 0.05) is 24.3 Å². The lowest BCUT2D eigenvalue weighted by Gasteiger charge is -2.12. The Labute approximate surface area is 136 Å². The van der Waals surface area contributed by atoms with Crippen molar-refractivity contribution in [3.8, 4) is 0 Å². The van der Waals surface area contributed by atoms with E-state index in [1.54, 1.807) is 30.5 Å². The van der Waals surface area contributed by atoms with Crippen molar-refractivity contribution in [2.75, 3.05) is 11.9 Å². The number of aromatic nitrogens is 1. The van der Waals surface area contributed by atoms with Crippen molar-refractivity contribution in [3.63, 3.8) is 0 Å². The molecule has 1 aromatic heterocycles. The van der Waals surface area contributed by atoms with Crippen LogP contribution in [-0.2, 0) is 6.42 Å². The number of hydrogen-bond acceptors (Lipinski definition) is 3. The minimum atomic E-state index is -0.254. The average Bonchev–Trinajstić information content (AvgIpc) is 2.56. The molecular formula is C18H22FN3O. The molecule has 2 rings (SSSR count). The summed E-state index contributed by atoms with van der Waals surface area (Å²) in [5.74, 6) is 0.308. The molecule has 4 nitrogen and oxygen atoms in total. The van der Waals surface area contributed by atoms with Crippen molar-refractivity contribution in [1.29, 1.82) is 0 Å². The summed E-state index contributed by atoms with van der Waals surface area (Å²) in [6, 6.07) is 10.0. The highest BCUT2D eigenvalue weighted by molar-refractivity contribution is 5.94. The third-order valence-corrected chi connectivity index (χ3v) is 3.64. The van der Waals surface area contributed by atoms with Gasteiger partial charge in [-0.2, -0.15) is 0 Å². The number of carbonyl (C=O) groups is 1. The van der Waals surface area contributed by atoms with Gasteiger partial charge in [0.2, 0.25) is 0 Å². The fourth-order valence-electron chi connectivity index (χ4n) is 2.08. The molecule has 0 aliphatic carbocycles. The lowest BCUT2D eigenvalue weighted by atomic mass is 10.1. The fraction of sp³-hybridized carbons (Fsp3) is 0.333. The van der Waals surface area contributed by atoms with Crippen molar-refractivity contribution >= 4 is 11.7 Å². The molecule has 1 unspecified atom stereocenters. The maximum atomic E-state index is 12.8. The van der Waals surface area contributed by atoms with Crippen molar-refractivity contribution in [2.45, 2.75) is 32.7 Å². The molecule has 1 atom stereocenters. The molecular weight excluding hydrogens is 293 g/mol. The number of nitrogens with zero attached hydrogens (tertiary/aromatic N) is 1. The summed E-state index contributed by atoms with van der Waals surface area (Å²) in [6.07, 6.45) is 3.27. The summed E-state index contributed by atoms with van der Waals surface area (Å²) >= 11 is 0. The largest absolute Gasteiger partial charge is 0.368 e. The number of nitrogens with one attached hydrogen (secondary N) is 2. The van der Waals surface area contributed by atoms with Gasteiger partial charge in [0.25, 0.3) is 5.91 Å². The predicted octanol–water partition coefficient (Wildman–Crippen LogP) is 3.40. The van der Waals surface area contributed by atoms with Crippen LogP contribution >= 0.6 is 0 Å². The maximum Gasteiger partial charge on any atom is 0.251 e. The third-order valence-electron chi connectivity index (χ3n) is 3.64. The second-order valence-corrected chi connectivity index (χ2v) is 5.52. The van der Waals surface area contributed by atoms with Gasteiger partial charge in [0.15, 0.2) is 0 Å². The molecule has 0 radical (unpaired) electrons. The SMILES string of the molecule is CCC(C)Nc1cc(C(=O)NCCc2ccc(F)cc2)ccn1. The minimum Gasteiger partial charge on any atom is -0.368 e. The Balaban J connectivity index is 1.87. The number of benzene rings is 1. The van der Waals surface area contributed by atoms with Gasteiger partial charge in [-0.1, -0.05) is 19.1 Å². The highest BCUT2D eigenvalue weighted by Crippen LogP contribution is 2.09. The van der Waals surface area contributed by atoms with Crippen LogP contribution in [0.25, 0.3) is 0 Å². The quantitative estimate of drug-likeness (QED) is 0.823. The Morgan fingerprint density at radius 3 is 2.70 bits per heavy atom. The Kier molecular flexibility index (Phi) is 6.09. The maximum absolute atomic E-state index is 12.8. The number of rotatable bonds is 7. The molecule has 1 heterocycles. The van der Waals surface area contributed by atoms with E-state index in [9.17, 15) is 9.18 Å². The van der Waals surface area contributed by atoms with Crippen LogP contribution in [-0.4, -0.2) is 23.5 Å². The number of carbonyl (C=O) groups excluding carboxylic acids is 1. The average molecular weight is 315 g/mol. The minimum absolute atomic E-state index is 0.137. The summed E-state index contributed by atoms with van der Waals surface area (Å²) < 4.78 is 12.8. The normalized spacial score (nSPS) is 11.8. The lowest BCUT2D eigenvalue weighted by molar-refractivity contribution is 0.0954. The van der Waals surface area contributed by atoms with Crippen LogP contribution in [0.5, 0.6) is 0 Å². The van der Waals surface area contributed by atoms with Gasteiger partial charge in [-0.05, 0) is 49.6 Å². The van der Waals surface area contributed by atoms with Crippen molar-refractivity contribution in [3.05, 3.63) is 59.5 Å². The van der Waals surface area contributed by atoms with Crippen LogP contribution in [0.3, 0.4) is 0 Å². The standard InChI is InChI=1S/C18H22FN3O/c1-3-13(2)22-17-12-15(9-11-20-17)18(23)21-10-8-14-4-6-16(19)7-5-14/h4-7,9,11-13H,3,8,10H2,1-2H3,(H,20,22)(H,21,23). The summed E-state index contributed by atoms with van der Waals surface area (Å²) in [7, 11) is 0. The number of halogens is 1. The highest BCUT2D eigenvalue weighted by Gasteiger charge is 2.07. The molecule has 0 saturated heterocycles. The molecule has 0 bridgehead atoms. The van der Waals surface area contributed by atoms with Crippen molar-refractivity contribution < 1.29 is 9.18 Å². The van der Waals surface area contributed by atoms with E-state index in [2.05, 4.69) is 29.5 Å². The van der Waals surface area contributed by atoms with Crippen LogP contribution in [0.4, 0.5) is 10.2 Å². The van der Waals surface area contributed by atoms with E-state index < -0.39 is 0 Å². The first-order valence-corrected chi connectivity index (χ1v) is 7.83. The lowest BCUT2D eigenvalue weighted by Crippen LogP contribution is -2.26. The van der Waals surface area contributed by atoms with E-state index in [-0.39, 0.29) is 11.7 Å². The van der Waals surface area contributed by atoms with E-state index in [0.717, 1.165) is 12.0 Å². The molecule has 0 spiro atoms. The van der Waals surface area contributed by atoms with Gasteiger partial charge in [0.05, 0.1) is 0 Å². The number of anilines is 1. The van der Waals surface area contributed by atoms with Gasteiger partial charge in [-0.3, -0.25) is 4.79 Å². The molecule has 0 aliphatic heterocycles. The Morgan fingerprint density at radius 2 is 2.00 bits per heavy atom. The third kappa shape index (κ3) is 5.36. The van der Waals surface area contributed by atoms with Crippen molar-refractivity contribution in [1.82, 2.24) is 10.3 Å². The van der Waals surface area contributed by atoms with Crippen LogP contribution in [0.2, 0.25) is 0 Å². The molecule has 2 aromatic rings. The zero-order valence-electron chi connectivity index (χ0n) is 13.5. The van der Waals surface area contributed by atoms with Crippen LogP contribution in [0, 0.1) is 5.82 Å². The summed E-state index contributed by atoms with van der Waals surface area (Å²) in [5.41, 5.74) is 1.56. The smallest absolute Gasteiger partial charge is 0.251 e. The van der Waals surface area contributed by atoms with E-state index >= 15 is 0 Å². The highest BCUT2D eigenvalue weighted by atomic mass is 19.1. The number of hydrogen-bond donors (Lipinski definition) is 2. The summed E-state index contributed by atoms with van der Waals surface area (Å²) in [5, 5.41) is 6.12.